The molecule has 0 saturated carbocycles. The van der Waals surface area contributed by atoms with Crippen LogP contribution in [0.5, 0.6) is 0 Å². The number of nitrogens with zero attached hydrogens (tertiary/aromatic N) is 1. The number of hydrogen-bond acceptors (Lipinski definition) is 2. The molecular formula is C9H5Br2NO2. The second-order valence-electron chi connectivity index (χ2n) is 2.53. The molecule has 0 radical (unpaired) electrons. The molecule has 0 fully saturated rings. The lowest BCUT2D eigenvalue weighted by Gasteiger charge is -2.04. The smallest absolute Gasteiger partial charge is 0.335 e. The lowest BCUT2D eigenvalue weighted by Crippen LogP contribution is -1.99. The summed E-state index contributed by atoms with van der Waals surface area (Å²) in [6, 6.07) is 4.81. The van der Waals surface area contributed by atoms with Gasteiger partial charge < -0.3 is 5.11 Å². The third-order valence-corrected chi connectivity index (χ3v) is 2.96. The van der Waals surface area contributed by atoms with Crippen LogP contribution >= 0.6 is 31.9 Å². The Hall–Kier alpha value is -0.860. The maximum absolute atomic E-state index is 10.7. The number of alkyl halides is 1. The first-order chi connectivity index (χ1) is 6.60. The largest absolute Gasteiger partial charge is 0.478 e. The fourth-order valence-corrected chi connectivity index (χ4v) is 2.58. The van der Waals surface area contributed by atoms with Gasteiger partial charge >= 0.3 is 5.97 Å². The van der Waals surface area contributed by atoms with Crippen LogP contribution < -0.4 is 0 Å². The highest BCUT2D eigenvalue weighted by Crippen LogP contribution is 2.25. The van der Waals surface area contributed by atoms with Crippen LogP contribution in [0.15, 0.2) is 16.6 Å². The Labute approximate surface area is 97.6 Å². The molecule has 0 unspecified atom stereocenters. The summed E-state index contributed by atoms with van der Waals surface area (Å²) in [5, 5.41) is 18.1. The summed E-state index contributed by atoms with van der Waals surface area (Å²) in [5.41, 5.74) is 1.24. The fourth-order valence-electron chi connectivity index (χ4n) is 0.996. The molecule has 1 rings (SSSR count). The van der Waals surface area contributed by atoms with Gasteiger partial charge in [0.05, 0.1) is 17.2 Å². The zero-order valence-electron chi connectivity index (χ0n) is 6.92. The standard InChI is InChI=1S/C9H5Br2NO2/c10-3-7-6(4-12)1-5(9(13)14)2-8(7)11/h1-2H,3H2,(H,13,14). The average Bonchev–Trinajstić information content (AvgIpc) is 2.16. The molecule has 3 nitrogen and oxygen atoms in total. The van der Waals surface area contributed by atoms with Crippen LogP contribution in [0.1, 0.15) is 21.5 Å². The zero-order chi connectivity index (χ0) is 10.7. The molecule has 0 amide bonds. The minimum atomic E-state index is -1.04. The average molecular weight is 319 g/mol. The van der Waals surface area contributed by atoms with E-state index in [0.717, 1.165) is 5.56 Å². The van der Waals surface area contributed by atoms with Gasteiger partial charge in [-0.1, -0.05) is 31.9 Å². The van der Waals surface area contributed by atoms with Gasteiger partial charge in [-0.3, -0.25) is 0 Å². The number of carboxylic acid groups (broad SMARTS) is 1. The number of benzene rings is 1. The maximum Gasteiger partial charge on any atom is 0.335 e. The third kappa shape index (κ3) is 2.14. The van der Waals surface area contributed by atoms with Crippen LogP contribution in [0.2, 0.25) is 0 Å². The summed E-state index contributed by atoms with van der Waals surface area (Å²) in [6.45, 7) is 0. The van der Waals surface area contributed by atoms with Gasteiger partial charge in [0, 0.05) is 9.80 Å². The quantitative estimate of drug-likeness (QED) is 0.853. The molecule has 0 aliphatic rings. The van der Waals surface area contributed by atoms with E-state index < -0.39 is 5.97 Å². The first-order valence-electron chi connectivity index (χ1n) is 3.62. The SMILES string of the molecule is N#Cc1cc(C(=O)O)cc(Br)c1CBr. The Bertz CT molecular complexity index is 424. The maximum atomic E-state index is 10.7. The molecule has 1 N–H and O–H groups in total. The minimum absolute atomic E-state index is 0.109. The number of aromatic carboxylic acids is 1. The van der Waals surface area contributed by atoms with Gasteiger partial charge in [-0.05, 0) is 17.7 Å². The molecule has 0 aliphatic carbocycles. The number of carbonyl (C=O) groups is 1. The minimum Gasteiger partial charge on any atom is -0.478 e. The highest BCUT2D eigenvalue weighted by atomic mass is 79.9. The number of nitriles is 1. The fraction of sp³-hybridized carbons (Fsp3) is 0.111. The molecule has 1 aromatic rings. The highest BCUT2D eigenvalue weighted by Gasteiger charge is 2.11. The van der Waals surface area contributed by atoms with E-state index in [2.05, 4.69) is 31.9 Å². The Morgan fingerprint density at radius 2 is 2.21 bits per heavy atom. The van der Waals surface area contributed by atoms with Crippen molar-refractivity contribution >= 4 is 37.8 Å². The van der Waals surface area contributed by atoms with E-state index in [4.69, 9.17) is 10.4 Å². The second-order valence-corrected chi connectivity index (χ2v) is 3.95. The summed E-state index contributed by atoms with van der Waals surface area (Å²) >= 11 is 6.46. The lowest BCUT2D eigenvalue weighted by molar-refractivity contribution is 0.0697. The summed E-state index contributed by atoms with van der Waals surface area (Å²) in [4.78, 5) is 10.7. The van der Waals surface area contributed by atoms with E-state index >= 15 is 0 Å². The molecule has 5 heteroatoms. The van der Waals surface area contributed by atoms with Crippen molar-refractivity contribution in [2.24, 2.45) is 0 Å². The van der Waals surface area contributed by atoms with Gasteiger partial charge in [0.1, 0.15) is 0 Å². The molecule has 0 aliphatic heterocycles. The molecule has 0 heterocycles. The van der Waals surface area contributed by atoms with Gasteiger partial charge in [0.2, 0.25) is 0 Å². The lowest BCUT2D eigenvalue weighted by atomic mass is 10.1. The molecule has 14 heavy (non-hydrogen) atoms. The highest BCUT2D eigenvalue weighted by molar-refractivity contribution is 9.10. The Morgan fingerprint density at radius 3 is 2.64 bits per heavy atom. The van der Waals surface area contributed by atoms with Crippen LogP contribution in [0.25, 0.3) is 0 Å². The van der Waals surface area contributed by atoms with Crippen molar-refractivity contribution < 1.29 is 9.90 Å². The molecule has 72 valence electrons. The van der Waals surface area contributed by atoms with E-state index in [-0.39, 0.29) is 5.56 Å². The number of rotatable bonds is 2. The van der Waals surface area contributed by atoms with E-state index in [1.165, 1.54) is 12.1 Å². The summed E-state index contributed by atoms with van der Waals surface area (Å²) in [6.07, 6.45) is 0. The first kappa shape index (κ1) is 11.2. The van der Waals surface area contributed by atoms with Crippen molar-refractivity contribution in [1.82, 2.24) is 0 Å². The molecule has 0 saturated heterocycles. The number of halogens is 2. The van der Waals surface area contributed by atoms with Gasteiger partial charge in [-0.2, -0.15) is 5.26 Å². The predicted octanol–water partition coefficient (Wildman–Crippen LogP) is 2.91. The Morgan fingerprint density at radius 1 is 1.57 bits per heavy atom. The third-order valence-electron chi connectivity index (χ3n) is 1.70. The van der Waals surface area contributed by atoms with E-state index in [0.29, 0.717) is 15.4 Å². The van der Waals surface area contributed by atoms with Crippen LogP contribution in [-0.4, -0.2) is 11.1 Å². The molecule has 1 aromatic carbocycles. The predicted molar refractivity (Wildman–Crippen MR) is 58.4 cm³/mol. The Balaban J connectivity index is 3.41. The van der Waals surface area contributed by atoms with Gasteiger partial charge in [-0.25, -0.2) is 4.79 Å². The van der Waals surface area contributed by atoms with Crippen molar-refractivity contribution in [2.75, 3.05) is 0 Å². The van der Waals surface area contributed by atoms with Crippen LogP contribution in [0, 0.1) is 11.3 Å². The normalized spacial score (nSPS) is 9.50. The molecular weight excluding hydrogens is 314 g/mol. The van der Waals surface area contributed by atoms with Crippen molar-refractivity contribution in [3.63, 3.8) is 0 Å². The molecule has 0 atom stereocenters. The van der Waals surface area contributed by atoms with E-state index in [1.807, 2.05) is 6.07 Å². The van der Waals surface area contributed by atoms with Crippen molar-refractivity contribution in [3.8, 4) is 6.07 Å². The summed E-state index contributed by atoms with van der Waals surface area (Å²) < 4.78 is 0.630. The topological polar surface area (TPSA) is 61.1 Å². The van der Waals surface area contributed by atoms with Crippen LogP contribution in [0.4, 0.5) is 0 Å². The summed E-state index contributed by atoms with van der Waals surface area (Å²) in [5.74, 6) is -1.04. The molecule has 0 spiro atoms. The number of carboxylic acids is 1. The van der Waals surface area contributed by atoms with Crippen LogP contribution in [-0.2, 0) is 5.33 Å². The zero-order valence-corrected chi connectivity index (χ0v) is 10.1. The van der Waals surface area contributed by atoms with E-state index in [1.54, 1.807) is 0 Å². The van der Waals surface area contributed by atoms with Crippen molar-refractivity contribution in [3.05, 3.63) is 33.3 Å². The van der Waals surface area contributed by atoms with Crippen LogP contribution in [0.3, 0.4) is 0 Å². The van der Waals surface area contributed by atoms with Gasteiger partial charge in [-0.15, -0.1) is 0 Å². The van der Waals surface area contributed by atoms with Crippen molar-refractivity contribution in [1.29, 1.82) is 5.26 Å². The number of hydrogen-bond donors (Lipinski definition) is 1. The van der Waals surface area contributed by atoms with E-state index in [9.17, 15) is 4.79 Å². The van der Waals surface area contributed by atoms with Gasteiger partial charge in [0.15, 0.2) is 0 Å². The second kappa shape index (κ2) is 4.58. The molecule has 0 aromatic heterocycles. The Kier molecular flexibility index (Phi) is 3.67. The molecule has 0 bridgehead atoms. The monoisotopic (exact) mass is 317 g/mol. The van der Waals surface area contributed by atoms with Gasteiger partial charge in [0.25, 0.3) is 0 Å². The van der Waals surface area contributed by atoms with Crippen molar-refractivity contribution in [2.45, 2.75) is 5.33 Å². The summed E-state index contributed by atoms with van der Waals surface area (Å²) in [7, 11) is 0. The first-order valence-corrected chi connectivity index (χ1v) is 5.53.